The minimum atomic E-state index is 0.0911. The fraction of sp³-hybridized carbons (Fsp3) is 0.125. The summed E-state index contributed by atoms with van der Waals surface area (Å²) >= 11 is 6.92. The molecule has 1 N–H and O–H groups in total. The quantitative estimate of drug-likeness (QED) is 0.215. The van der Waals surface area contributed by atoms with Crippen LogP contribution in [0.5, 0.6) is 0 Å². The number of carbonyl (C=O) groups is 1. The predicted molar refractivity (Wildman–Crippen MR) is 135 cm³/mol. The highest BCUT2D eigenvalue weighted by Gasteiger charge is 2.02. The van der Waals surface area contributed by atoms with E-state index in [2.05, 4.69) is 45.2 Å². The number of carbonyl (C=O) groups excluding carboxylic acids is 1. The Morgan fingerprint density at radius 1 is 0.759 bits per heavy atom. The molecule has 0 bridgehead atoms. The highest BCUT2D eigenvalue weighted by Crippen LogP contribution is 2.27. The van der Waals surface area contributed by atoms with Crippen molar-refractivity contribution in [1.82, 2.24) is 0 Å². The SMILES string of the molecule is CPC.O=Cc1ccc(Br)c2ccccc12.OCc1ccc(Br)c2ccccc12. The zero-order valence-electron chi connectivity index (χ0n) is 16.3. The van der Waals surface area contributed by atoms with Gasteiger partial charge in [0.05, 0.1) is 6.61 Å². The van der Waals surface area contributed by atoms with Crippen molar-refractivity contribution in [3.05, 3.63) is 92.9 Å². The first-order valence-corrected chi connectivity index (χ1v) is 12.6. The summed E-state index contributed by atoms with van der Waals surface area (Å²) in [5, 5.41) is 13.4. The number of benzene rings is 4. The summed E-state index contributed by atoms with van der Waals surface area (Å²) in [6.07, 6.45) is 0.884. The summed E-state index contributed by atoms with van der Waals surface area (Å²) in [5.41, 5.74) is 1.71. The molecular formula is C24H23Br2O2P. The van der Waals surface area contributed by atoms with Crippen LogP contribution in [0.3, 0.4) is 0 Å². The Labute approximate surface area is 190 Å². The lowest BCUT2D eigenvalue weighted by Crippen LogP contribution is -1.85. The molecular weight excluding hydrogens is 511 g/mol. The van der Waals surface area contributed by atoms with Gasteiger partial charge in [-0.1, -0.05) is 86.5 Å². The normalized spacial score (nSPS) is 9.97. The van der Waals surface area contributed by atoms with E-state index in [4.69, 9.17) is 5.11 Å². The second-order valence-corrected chi connectivity index (χ2v) is 8.92. The molecule has 5 heteroatoms. The Kier molecular flexibility index (Phi) is 9.96. The molecule has 0 aliphatic heterocycles. The van der Waals surface area contributed by atoms with Gasteiger partial charge in [-0.3, -0.25) is 4.79 Å². The first-order valence-electron chi connectivity index (χ1n) is 9.05. The minimum Gasteiger partial charge on any atom is -0.392 e. The van der Waals surface area contributed by atoms with E-state index in [9.17, 15) is 4.79 Å². The maximum Gasteiger partial charge on any atom is 0.150 e. The summed E-state index contributed by atoms with van der Waals surface area (Å²) in [4.78, 5) is 10.7. The van der Waals surface area contributed by atoms with Crippen molar-refractivity contribution in [3.63, 3.8) is 0 Å². The average molecular weight is 534 g/mol. The fourth-order valence-corrected chi connectivity index (χ4v) is 3.81. The van der Waals surface area contributed by atoms with Gasteiger partial charge in [-0.05, 0) is 58.6 Å². The number of hydrogen-bond donors (Lipinski definition) is 1. The van der Waals surface area contributed by atoms with Crippen molar-refractivity contribution < 1.29 is 9.90 Å². The summed E-state index contributed by atoms with van der Waals surface area (Å²) in [5.74, 6) is 0. The van der Waals surface area contributed by atoms with Crippen molar-refractivity contribution in [2.45, 2.75) is 6.61 Å². The third-order valence-electron chi connectivity index (χ3n) is 4.16. The van der Waals surface area contributed by atoms with Gasteiger partial charge in [-0.2, -0.15) is 0 Å². The van der Waals surface area contributed by atoms with E-state index in [1.807, 2.05) is 72.8 Å². The molecule has 29 heavy (non-hydrogen) atoms. The molecule has 4 aromatic rings. The second kappa shape index (κ2) is 12.2. The molecule has 0 aliphatic rings. The molecule has 0 fully saturated rings. The maximum atomic E-state index is 10.7. The van der Waals surface area contributed by atoms with E-state index in [-0.39, 0.29) is 6.61 Å². The van der Waals surface area contributed by atoms with Crippen LogP contribution in [0.1, 0.15) is 15.9 Å². The minimum absolute atomic E-state index is 0.0911. The number of hydrogen-bond acceptors (Lipinski definition) is 2. The summed E-state index contributed by atoms with van der Waals surface area (Å²) < 4.78 is 2.09. The summed E-state index contributed by atoms with van der Waals surface area (Å²) in [6.45, 7) is 4.40. The molecule has 0 amide bonds. The highest BCUT2D eigenvalue weighted by molar-refractivity contribution is 9.11. The second-order valence-electron chi connectivity index (χ2n) is 6.21. The lowest BCUT2D eigenvalue weighted by molar-refractivity contribution is 0.112. The van der Waals surface area contributed by atoms with Crippen molar-refractivity contribution in [3.8, 4) is 0 Å². The van der Waals surface area contributed by atoms with Crippen LogP contribution in [-0.2, 0) is 6.61 Å². The standard InChI is InChI=1S/C11H9BrO.C11H7BrO.C2H7P/c2*12-11-6-5-8(7-13)9-3-1-2-4-10(9)11;1-3-2/h1-6,13H,7H2;1-7H;3H,1-2H3. The lowest BCUT2D eigenvalue weighted by Gasteiger charge is -2.04. The molecule has 4 rings (SSSR count). The third-order valence-corrected chi connectivity index (χ3v) is 5.55. The molecule has 0 saturated carbocycles. The van der Waals surface area contributed by atoms with E-state index >= 15 is 0 Å². The Hall–Kier alpha value is -1.58. The van der Waals surface area contributed by atoms with E-state index in [1.54, 1.807) is 0 Å². The maximum absolute atomic E-state index is 10.7. The molecule has 0 aromatic heterocycles. The number of halogens is 2. The predicted octanol–water partition coefficient (Wildman–Crippen LogP) is 7.43. The largest absolute Gasteiger partial charge is 0.392 e. The molecule has 0 spiro atoms. The summed E-state index contributed by atoms with van der Waals surface area (Å²) in [6, 6.07) is 23.5. The Balaban J connectivity index is 0.000000183. The molecule has 150 valence electrons. The smallest absolute Gasteiger partial charge is 0.150 e. The monoisotopic (exact) mass is 532 g/mol. The summed E-state index contributed by atoms with van der Waals surface area (Å²) in [7, 11) is 1.08. The van der Waals surface area contributed by atoms with Crippen LogP contribution < -0.4 is 0 Å². The van der Waals surface area contributed by atoms with Crippen LogP contribution in [0.4, 0.5) is 0 Å². The number of aldehydes is 1. The van der Waals surface area contributed by atoms with Crippen molar-refractivity contribution in [2.24, 2.45) is 0 Å². The van der Waals surface area contributed by atoms with E-state index in [1.165, 1.54) is 0 Å². The van der Waals surface area contributed by atoms with Crippen LogP contribution in [0, 0.1) is 0 Å². The molecule has 4 aromatic carbocycles. The van der Waals surface area contributed by atoms with Crippen LogP contribution in [0.25, 0.3) is 21.5 Å². The van der Waals surface area contributed by atoms with Crippen molar-refractivity contribution in [2.75, 3.05) is 13.3 Å². The number of rotatable bonds is 2. The van der Waals surface area contributed by atoms with Gasteiger partial charge >= 0.3 is 0 Å². The first-order chi connectivity index (χ1) is 14.1. The van der Waals surface area contributed by atoms with E-state index < -0.39 is 0 Å². The first kappa shape index (κ1) is 23.7. The van der Waals surface area contributed by atoms with Crippen molar-refractivity contribution >= 4 is 68.3 Å². The highest BCUT2D eigenvalue weighted by atomic mass is 79.9. The Morgan fingerprint density at radius 3 is 1.72 bits per heavy atom. The van der Waals surface area contributed by atoms with Gasteiger partial charge in [0.25, 0.3) is 0 Å². The van der Waals surface area contributed by atoms with Crippen LogP contribution in [0.15, 0.2) is 81.7 Å². The molecule has 0 aliphatic carbocycles. The number of aliphatic hydroxyl groups excluding tert-OH is 1. The zero-order chi connectivity index (χ0) is 21.2. The van der Waals surface area contributed by atoms with Crippen molar-refractivity contribution in [1.29, 1.82) is 0 Å². The average Bonchev–Trinajstić information content (AvgIpc) is 2.76. The van der Waals surface area contributed by atoms with Gasteiger partial charge in [0.1, 0.15) is 0 Å². The molecule has 0 saturated heterocycles. The Morgan fingerprint density at radius 2 is 1.21 bits per heavy atom. The third kappa shape index (κ3) is 6.20. The topological polar surface area (TPSA) is 37.3 Å². The van der Waals surface area contributed by atoms with Gasteiger partial charge in [-0.25, -0.2) is 0 Å². The number of aliphatic hydroxyl groups is 1. The zero-order valence-corrected chi connectivity index (χ0v) is 20.5. The van der Waals surface area contributed by atoms with Gasteiger partial charge in [0.2, 0.25) is 0 Å². The molecule has 0 radical (unpaired) electrons. The fourth-order valence-electron chi connectivity index (χ4n) is 2.85. The van der Waals surface area contributed by atoms with Crippen LogP contribution in [-0.4, -0.2) is 24.7 Å². The van der Waals surface area contributed by atoms with Crippen LogP contribution >= 0.6 is 40.4 Å². The van der Waals surface area contributed by atoms with Gasteiger partial charge in [-0.15, -0.1) is 8.58 Å². The lowest BCUT2D eigenvalue weighted by atomic mass is 10.1. The molecule has 0 unspecified atom stereocenters. The van der Waals surface area contributed by atoms with Gasteiger partial charge < -0.3 is 5.11 Å². The van der Waals surface area contributed by atoms with Gasteiger partial charge in [0, 0.05) is 14.5 Å². The Bertz CT molecular complexity index is 1100. The molecule has 0 atom stereocenters. The van der Waals surface area contributed by atoms with E-state index in [0.29, 0.717) is 0 Å². The van der Waals surface area contributed by atoms with Gasteiger partial charge in [0.15, 0.2) is 6.29 Å². The van der Waals surface area contributed by atoms with Crippen LogP contribution in [0.2, 0.25) is 0 Å². The van der Waals surface area contributed by atoms with E-state index in [0.717, 1.165) is 56.5 Å². The molecule has 0 heterocycles. The number of fused-ring (bicyclic) bond motifs is 2. The molecule has 2 nitrogen and oxygen atoms in total.